The van der Waals surface area contributed by atoms with Gasteiger partial charge in [0.1, 0.15) is 11.9 Å². The van der Waals surface area contributed by atoms with Crippen molar-refractivity contribution in [3.8, 4) is 0 Å². The fourth-order valence-electron chi connectivity index (χ4n) is 1.01. The van der Waals surface area contributed by atoms with Gasteiger partial charge in [-0.25, -0.2) is 4.39 Å². The summed E-state index contributed by atoms with van der Waals surface area (Å²) in [4.78, 5) is 11.1. The second-order valence-corrected chi connectivity index (χ2v) is 3.52. The van der Waals surface area contributed by atoms with Crippen LogP contribution in [0, 0.1) is 5.82 Å². The van der Waals surface area contributed by atoms with E-state index in [1.165, 1.54) is 25.3 Å². The van der Waals surface area contributed by atoms with E-state index in [4.69, 9.17) is 5.73 Å². The average Bonchev–Trinajstić information content (AvgIpc) is 2.19. The van der Waals surface area contributed by atoms with Gasteiger partial charge in [0.15, 0.2) is 0 Å². The lowest BCUT2D eigenvalue weighted by atomic mass is 10.1. The van der Waals surface area contributed by atoms with Gasteiger partial charge in [-0.05, 0) is 23.8 Å². The van der Waals surface area contributed by atoms with E-state index in [-0.39, 0.29) is 0 Å². The largest absolute Gasteiger partial charge is 0.468 e. The fraction of sp³-hybridized carbons (Fsp3) is 0.222. The molecule has 0 aliphatic rings. The van der Waals surface area contributed by atoms with E-state index in [9.17, 15) is 9.18 Å². The van der Waals surface area contributed by atoms with Crippen LogP contribution in [0.4, 0.5) is 4.39 Å². The summed E-state index contributed by atoms with van der Waals surface area (Å²) in [6, 6.07) is 3.00. The highest BCUT2D eigenvalue weighted by Gasteiger charge is 2.19. The highest BCUT2D eigenvalue weighted by Crippen LogP contribution is 2.23. The first-order valence-electron chi connectivity index (χ1n) is 3.84. The number of rotatable bonds is 2. The van der Waals surface area contributed by atoms with Crippen LogP contribution >= 0.6 is 15.9 Å². The minimum Gasteiger partial charge on any atom is -0.468 e. The maximum atomic E-state index is 12.8. The summed E-state index contributed by atoms with van der Waals surface area (Å²) < 4.78 is 17.9. The van der Waals surface area contributed by atoms with Crippen LogP contribution in [0.25, 0.3) is 0 Å². The Kier molecular flexibility index (Phi) is 3.60. The first-order chi connectivity index (χ1) is 6.56. The van der Waals surface area contributed by atoms with Gasteiger partial charge in [-0.15, -0.1) is 0 Å². The molecule has 0 unspecified atom stereocenters. The van der Waals surface area contributed by atoms with Gasteiger partial charge in [0.2, 0.25) is 0 Å². The number of carbonyl (C=O) groups is 1. The third-order valence-corrected chi connectivity index (χ3v) is 2.47. The number of benzene rings is 1. The molecule has 0 aromatic heterocycles. The van der Waals surface area contributed by atoms with Crippen molar-refractivity contribution in [2.45, 2.75) is 6.04 Å². The molecule has 0 aliphatic carbocycles. The van der Waals surface area contributed by atoms with Crippen LogP contribution in [0.1, 0.15) is 11.6 Å². The molecule has 0 heterocycles. The molecule has 1 rings (SSSR count). The SMILES string of the molecule is COC(=O)[C@H](N)c1cc(F)ccc1Br. The molecule has 2 N–H and O–H groups in total. The van der Waals surface area contributed by atoms with Crippen molar-refractivity contribution >= 4 is 21.9 Å². The molecule has 1 aromatic carbocycles. The number of hydrogen-bond acceptors (Lipinski definition) is 3. The topological polar surface area (TPSA) is 52.3 Å². The van der Waals surface area contributed by atoms with Gasteiger partial charge in [-0.3, -0.25) is 4.79 Å². The van der Waals surface area contributed by atoms with Crippen molar-refractivity contribution in [3.05, 3.63) is 34.1 Å². The number of ether oxygens (including phenoxy) is 1. The summed E-state index contributed by atoms with van der Waals surface area (Å²) in [5.74, 6) is -1.04. The number of hydrogen-bond donors (Lipinski definition) is 1. The predicted octanol–water partition coefficient (Wildman–Crippen LogP) is 1.76. The van der Waals surface area contributed by atoms with E-state index in [0.717, 1.165) is 0 Å². The molecule has 0 aliphatic heterocycles. The monoisotopic (exact) mass is 261 g/mol. The molecule has 76 valence electrons. The summed E-state index contributed by atoms with van der Waals surface area (Å²) in [7, 11) is 1.23. The van der Waals surface area contributed by atoms with Gasteiger partial charge < -0.3 is 10.5 Å². The summed E-state index contributed by atoms with van der Waals surface area (Å²) in [5, 5.41) is 0. The Morgan fingerprint density at radius 1 is 1.64 bits per heavy atom. The lowest BCUT2D eigenvalue weighted by Crippen LogP contribution is -2.23. The zero-order valence-corrected chi connectivity index (χ0v) is 9.05. The van der Waals surface area contributed by atoms with Crippen LogP contribution in [0.5, 0.6) is 0 Å². The van der Waals surface area contributed by atoms with Gasteiger partial charge in [0.05, 0.1) is 7.11 Å². The first kappa shape index (κ1) is 11.1. The standard InChI is InChI=1S/C9H9BrFNO2/c1-14-9(13)8(12)6-4-5(11)2-3-7(6)10/h2-4,8H,12H2,1H3/t8-/m1/s1. The molecule has 0 saturated carbocycles. The molecule has 0 spiro atoms. The first-order valence-corrected chi connectivity index (χ1v) is 4.64. The molecule has 0 radical (unpaired) electrons. The second kappa shape index (κ2) is 4.52. The zero-order chi connectivity index (χ0) is 10.7. The molecule has 3 nitrogen and oxygen atoms in total. The Morgan fingerprint density at radius 3 is 2.86 bits per heavy atom. The fourth-order valence-corrected chi connectivity index (χ4v) is 1.50. The number of methoxy groups -OCH3 is 1. The van der Waals surface area contributed by atoms with Crippen molar-refractivity contribution < 1.29 is 13.9 Å². The van der Waals surface area contributed by atoms with E-state index in [0.29, 0.717) is 10.0 Å². The van der Waals surface area contributed by atoms with E-state index in [1.807, 2.05) is 0 Å². The van der Waals surface area contributed by atoms with Gasteiger partial charge in [0, 0.05) is 4.47 Å². The molecule has 1 atom stereocenters. The van der Waals surface area contributed by atoms with Crippen molar-refractivity contribution in [3.63, 3.8) is 0 Å². The maximum absolute atomic E-state index is 12.8. The quantitative estimate of drug-likeness (QED) is 0.826. The number of carbonyl (C=O) groups excluding carboxylic acids is 1. The number of nitrogens with two attached hydrogens (primary N) is 1. The van der Waals surface area contributed by atoms with Gasteiger partial charge >= 0.3 is 5.97 Å². The summed E-state index contributed by atoms with van der Waals surface area (Å²) in [5.41, 5.74) is 5.92. The van der Waals surface area contributed by atoms with Gasteiger partial charge in [-0.2, -0.15) is 0 Å². The van der Waals surface area contributed by atoms with E-state index >= 15 is 0 Å². The van der Waals surface area contributed by atoms with Gasteiger partial charge in [-0.1, -0.05) is 15.9 Å². The van der Waals surface area contributed by atoms with Crippen LogP contribution in [-0.4, -0.2) is 13.1 Å². The summed E-state index contributed by atoms with van der Waals surface area (Å²) in [6.45, 7) is 0. The Morgan fingerprint density at radius 2 is 2.29 bits per heavy atom. The minimum atomic E-state index is -0.968. The van der Waals surface area contributed by atoms with E-state index in [2.05, 4.69) is 20.7 Å². The third-order valence-electron chi connectivity index (χ3n) is 1.75. The van der Waals surface area contributed by atoms with Crippen molar-refractivity contribution in [1.82, 2.24) is 0 Å². The smallest absolute Gasteiger partial charge is 0.327 e. The van der Waals surface area contributed by atoms with Crippen LogP contribution in [-0.2, 0) is 9.53 Å². The second-order valence-electron chi connectivity index (χ2n) is 2.67. The van der Waals surface area contributed by atoms with Crippen molar-refractivity contribution in [2.75, 3.05) is 7.11 Å². The van der Waals surface area contributed by atoms with Crippen molar-refractivity contribution in [1.29, 1.82) is 0 Å². The van der Waals surface area contributed by atoms with Crippen LogP contribution in [0.3, 0.4) is 0 Å². The molecule has 0 bridgehead atoms. The van der Waals surface area contributed by atoms with Gasteiger partial charge in [0.25, 0.3) is 0 Å². The van der Waals surface area contributed by atoms with Crippen LogP contribution < -0.4 is 5.73 Å². The Labute approximate surface area is 89.2 Å². The Bertz CT molecular complexity index is 357. The predicted molar refractivity (Wildman–Crippen MR) is 53.0 cm³/mol. The Hall–Kier alpha value is -0.940. The average molecular weight is 262 g/mol. The minimum absolute atomic E-state index is 0.372. The highest BCUT2D eigenvalue weighted by atomic mass is 79.9. The zero-order valence-electron chi connectivity index (χ0n) is 7.46. The molecule has 0 amide bonds. The molecular formula is C9H9BrFNO2. The number of esters is 1. The van der Waals surface area contributed by atoms with Crippen LogP contribution in [0.15, 0.2) is 22.7 Å². The van der Waals surface area contributed by atoms with Crippen molar-refractivity contribution in [2.24, 2.45) is 5.73 Å². The normalized spacial score (nSPS) is 12.3. The third kappa shape index (κ3) is 2.30. The lowest BCUT2D eigenvalue weighted by Gasteiger charge is -2.11. The van der Waals surface area contributed by atoms with E-state index < -0.39 is 17.8 Å². The number of halogens is 2. The maximum Gasteiger partial charge on any atom is 0.327 e. The lowest BCUT2D eigenvalue weighted by molar-refractivity contribution is -0.142. The molecule has 5 heteroatoms. The summed E-state index contributed by atoms with van der Waals surface area (Å²) in [6.07, 6.45) is 0. The highest BCUT2D eigenvalue weighted by molar-refractivity contribution is 9.10. The summed E-state index contributed by atoms with van der Waals surface area (Å²) >= 11 is 3.17. The molecule has 14 heavy (non-hydrogen) atoms. The molecular weight excluding hydrogens is 253 g/mol. The van der Waals surface area contributed by atoms with E-state index in [1.54, 1.807) is 0 Å². The van der Waals surface area contributed by atoms with Crippen LogP contribution in [0.2, 0.25) is 0 Å². The molecule has 0 saturated heterocycles. The molecule has 1 aromatic rings. The molecule has 0 fully saturated rings. The Balaban J connectivity index is 3.05.